The first-order valence-corrected chi connectivity index (χ1v) is 6.79. The lowest BCUT2D eigenvalue weighted by atomic mass is 10.2. The van der Waals surface area contributed by atoms with Gasteiger partial charge in [0.1, 0.15) is 11.3 Å². The maximum Gasteiger partial charge on any atom is 0.339 e. The van der Waals surface area contributed by atoms with E-state index in [1.54, 1.807) is 6.07 Å². The van der Waals surface area contributed by atoms with Crippen molar-refractivity contribution in [2.45, 2.75) is 13.3 Å². The van der Waals surface area contributed by atoms with Gasteiger partial charge in [-0.25, -0.2) is 4.79 Å². The van der Waals surface area contributed by atoms with Gasteiger partial charge in [-0.05, 0) is 30.7 Å². The number of carboxylic acid groups (broad SMARTS) is 1. The molecule has 0 aliphatic carbocycles. The maximum atomic E-state index is 12.0. The van der Waals surface area contributed by atoms with Gasteiger partial charge in [-0.2, -0.15) is 0 Å². The van der Waals surface area contributed by atoms with Gasteiger partial charge in [0.2, 0.25) is 0 Å². The quantitative estimate of drug-likeness (QED) is 0.808. The summed E-state index contributed by atoms with van der Waals surface area (Å²) in [6.45, 7) is 2.01. The molecule has 0 unspecified atom stereocenters. The Morgan fingerprint density at radius 3 is 2.55 bits per heavy atom. The molecule has 2 aromatic rings. The molecule has 6 heteroatoms. The van der Waals surface area contributed by atoms with Crippen LogP contribution in [0.3, 0.4) is 0 Å². The average Bonchev–Trinajstić information content (AvgIpc) is 2.87. The number of carboxylic acids is 1. The average molecular weight is 291 g/mol. The minimum absolute atomic E-state index is 0.201. The molecule has 104 valence electrons. The minimum Gasteiger partial charge on any atom is -0.507 e. The summed E-state index contributed by atoms with van der Waals surface area (Å²) >= 11 is 1.40. The topological polar surface area (TPSA) is 86.6 Å². The zero-order valence-electron chi connectivity index (χ0n) is 10.7. The number of anilines is 1. The van der Waals surface area contributed by atoms with Crippen molar-refractivity contribution in [1.29, 1.82) is 0 Å². The summed E-state index contributed by atoms with van der Waals surface area (Å²) in [6, 6.07) is 7.54. The lowest BCUT2D eigenvalue weighted by molar-refractivity contribution is 0.0693. The Balaban J connectivity index is 2.15. The van der Waals surface area contributed by atoms with Gasteiger partial charge in [0, 0.05) is 16.6 Å². The van der Waals surface area contributed by atoms with Crippen LogP contribution in [0.1, 0.15) is 31.8 Å². The molecule has 2 rings (SSSR count). The summed E-state index contributed by atoms with van der Waals surface area (Å²) in [5.41, 5.74) is 0.149. The number of nitrogens with one attached hydrogen (secondary N) is 1. The van der Waals surface area contributed by atoms with Crippen molar-refractivity contribution in [1.82, 2.24) is 0 Å². The molecule has 1 heterocycles. The van der Waals surface area contributed by atoms with Crippen molar-refractivity contribution in [3.63, 3.8) is 0 Å². The molecule has 3 N–H and O–H groups in total. The number of carbonyl (C=O) groups is 2. The zero-order valence-corrected chi connectivity index (χ0v) is 11.5. The Bertz CT molecular complexity index is 663. The minimum atomic E-state index is -1.22. The first-order chi connectivity index (χ1) is 9.51. The summed E-state index contributed by atoms with van der Waals surface area (Å²) in [5, 5.41) is 21.0. The first kappa shape index (κ1) is 14.1. The van der Waals surface area contributed by atoms with Crippen molar-refractivity contribution in [3.8, 4) is 5.75 Å². The molecule has 5 nitrogen and oxygen atoms in total. The molecule has 1 amide bonds. The van der Waals surface area contributed by atoms with E-state index in [-0.39, 0.29) is 17.2 Å². The number of hydrogen-bond donors (Lipinski definition) is 3. The van der Waals surface area contributed by atoms with Crippen LogP contribution in [0, 0.1) is 0 Å². The van der Waals surface area contributed by atoms with Crippen molar-refractivity contribution in [3.05, 3.63) is 45.6 Å². The highest BCUT2D eigenvalue weighted by atomic mass is 32.1. The summed E-state index contributed by atoms with van der Waals surface area (Å²) in [5.74, 6) is -1.88. The summed E-state index contributed by atoms with van der Waals surface area (Å²) in [6.07, 6.45) is 0.867. The normalized spacial score (nSPS) is 10.2. The standard InChI is InChI=1S/C14H13NO4S/c1-2-9-4-6-12(20-9)13(17)15-8-3-5-10(14(18)19)11(16)7-8/h3-7,16H,2H2,1H3,(H,15,17)(H,18,19). The van der Waals surface area contributed by atoms with Gasteiger partial charge in [0.15, 0.2) is 0 Å². The molecule has 0 spiro atoms. The number of amides is 1. The van der Waals surface area contributed by atoms with Gasteiger partial charge < -0.3 is 15.5 Å². The second-order valence-electron chi connectivity index (χ2n) is 4.11. The highest BCUT2D eigenvalue weighted by molar-refractivity contribution is 7.14. The van der Waals surface area contributed by atoms with Crippen molar-refractivity contribution in [2.24, 2.45) is 0 Å². The highest BCUT2D eigenvalue weighted by Crippen LogP contribution is 2.23. The Morgan fingerprint density at radius 2 is 2.00 bits per heavy atom. The van der Waals surface area contributed by atoms with E-state index in [1.807, 2.05) is 13.0 Å². The molecule has 0 saturated carbocycles. The smallest absolute Gasteiger partial charge is 0.339 e. The fraction of sp³-hybridized carbons (Fsp3) is 0.143. The molecule has 0 aliphatic rings. The third-order valence-electron chi connectivity index (χ3n) is 2.72. The van der Waals surface area contributed by atoms with Crippen molar-refractivity contribution < 1.29 is 19.8 Å². The Kier molecular flexibility index (Phi) is 4.05. The third-order valence-corrected chi connectivity index (χ3v) is 3.95. The molecule has 1 aromatic carbocycles. The summed E-state index contributed by atoms with van der Waals surface area (Å²) in [4.78, 5) is 24.4. The van der Waals surface area contributed by atoms with E-state index in [4.69, 9.17) is 5.11 Å². The summed E-state index contributed by atoms with van der Waals surface area (Å²) in [7, 11) is 0. The molecule has 0 atom stereocenters. The van der Waals surface area contributed by atoms with Crippen LogP contribution in [0.2, 0.25) is 0 Å². The molecule has 0 saturated heterocycles. The van der Waals surface area contributed by atoms with Gasteiger partial charge in [0.05, 0.1) is 4.88 Å². The molecule has 0 aliphatic heterocycles. The number of carbonyl (C=O) groups excluding carboxylic acids is 1. The van der Waals surface area contributed by atoms with E-state index in [1.165, 1.54) is 29.5 Å². The maximum absolute atomic E-state index is 12.0. The van der Waals surface area contributed by atoms with Crippen LogP contribution in [0.25, 0.3) is 0 Å². The van der Waals surface area contributed by atoms with Gasteiger partial charge in [0.25, 0.3) is 5.91 Å². The first-order valence-electron chi connectivity index (χ1n) is 5.97. The van der Waals surface area contributed by atoms with Crippen LogP contribution < -0.4 is 5.32 Å². The third kappa shape index (κ3) is 2.97. The van der Waals surface area contributed by atoms with E-state index in [2.05, 4.69) is 5.32 Å². The van der Waals surface area contributed by atoms with Crippen LogP contribution >= 0.6 is 11.3 Å². The van der Waals surface area contributed by atoms with Gasteiger partial charge in [-0.1, -0.05) is 6.92 Å². The number of phenols is 1. The molecule has 20 heavy (non-hydrogen) atoms. The van der Waals surface area contributed by atoms with Crippen LogP contribution in [0.5, 0.6) is 5.75 Å². The van der Waals surface area contributed by atoms with Gasteiger partial charge in [-0.3, -0.25) is 4.79 Å². The van der Waals surface area contributed by atoms with E-state index in [9.17, 15) is 14.7 Å². The van der Waals surface area contributed by atoms with Crippen molar-refractivity contribution in [2.75, 3.05) is 5.32 Å². The Labute approximate surface area is 119 Å². The number of rotatable bonds is 4. The molecule has 0 fully saturated rings. The largest absolute Gasteiger partial charge is 0.507 e. The number of aryl methyl sites for hydroxylation is 1. The number of aromatic carboxylic acids is 1. The number of aromatic hydroxyl groups is 1. The number of hydrogen-bond acceptors (Lipinski definition) is 4. The number of benzene rings is 1. The fourth-order valence-electron chi connectivity index (χ4n) is 1.67. The van der Waals surface area contributed by atoms with Crippen LogP contribution in [-0.2, 0) is 6.42 Å². The van der Waals surface area contributed by atoms with E-state index in [0.717, 1.165) is 11.3 Å². The van der Waals surface area contributed by atoms with Crippen LogP contribution in [-0.4, -0.2) is 22.1 Å². The lowest BCUT2D eigenvalue weighted by Crippen LogP contribution is -2.10. The van der Waals surface area contributed by atoms with E-state index < -0.39 is 5.97 Å². The van der Waals surface area contributed by atoms with E-state index in [0.29, 0.717) is 10.6 Å². The Hall–Kier alpha value is -2.34. The van der Waals surface area contributed by atoms with Crippen LogP contribution in [0.15, 0.2) is 30.3 Å². The lowest BCUT2D eigenvalue weighted by Gasteiger charge is -2.05. The molecular formula is C14H13NO4S. The predicted octanol–water partition coefficient (Wildman–Crippen LogP) is 2.97. The van der Waals surface area contributed by atoms with Gasteiger partial charge >= 0.3 is 5.97 Å². The fourth-order valence-corrected chi connectivity index (χ4v) is 2.52. The van der Waals surface area contributed by atoms with Crippen molar-refractivity contribution >= 4 is 28.9 Å². The second kappa shape index (κ2) is 5.75. The van der Waals surface area contributed by atoms with E-state index >= 15 is 0 Å². The number of thiophene rings is 1. The molecular weight excluding hydrogens is 278 g/mol. The predicted molar refractivity (Wildman–Crippen MR) is 76.7 cm³/mol. The van der Waals surface area contributed by atoms with Gasteiger partial charge in [-0.15, -0.1) is 11.3 Å². The monoisotopic (exact) mass is 291 g/mol. The second-order valence-corrected chi connectivity index (χ2v) is 5.28. The zero-order chi connectivity index (χ0) is 14.7. The van der Waals surface area contributed by atoms with Crippen LogP contribution in [0.4, 0.5) is 5.69 Å². The molecule has 1 aromatic heterocycles. The highest BCUT2D eigenvalue weighted by Gasteiger charge is 2.12. The Morgan fingerprint density at radius 1 is 1.25 bits per heavy atom. The SMILES string of the molecule is CCc1ccc(C(=O)Nc2ccc(C(=O)O)c(O)c2)s1. The molecule has 0 bridgehead atoms. The molecule has 0 radical (unpaired) electrons. The summed E-state index contributed by atoms with van der Waals surface area (Å²) < 4.78 is 0.